The third-order valence-corrected chi connectivity index (χ3v) is 4.12. The lowest BCUT2D eigenvalue weighted by Crippen LogP contribution is -2.31. The van der Waals surface area contributed by atoms with Crippen molar-refractivity contribution in [2.75, 3.05) is 25.5 Å². The molecule has 0 saturated carbocycles. The maximum atomic E-state index is 4.65. The minimum Gasteiger partial charge on any atom is -0.309 e. The van der Waals surface area contributed by atoms with Crippen LogP contribution < -0.4 is 5.32 Å². The molecule has 6 nitrogen and oxygen atoms in total. The van der Waals surface area contributed by atoms with Gasteiger partial charge in [0.25, 0.3) is 0 Å². The Hall–Kier alpha value is -2.08. The van der Waals surface area contributed by atoms with E-state index in [0.29, 0.717) is 11.9 Å². The van der Waals surface area contributed by atoms with Crippen molar-refractivity contribution in [1.82, 2.24) is 24.8 Å². The fourth-order valence-corrected chi connectivity index (χ4v) is 3.17. The lowest BCUT2D eigenvalue weighted by molar-refractivity contribution is 0.248. The molecule has 0 bridgehead atoms. The molecule has 1 atom stereocenters. The highest BCUT2D eigenvalue weighted by molar-refractivity contribution is 5.49. The van der Waals surface area contributed by atoms with Crippen LogP contribution in [0.15, 0.2) is 12.1 Å². The second-order valence-corrected chi connectivity index (χ2v) is 6.43. The SMILES string of the molecule is Cc1cc(C)nc(Nc2cc(C3CCCN(C)C3)nc(C)n2)n1. The van der Waals surface area contributed by atoms with Crippen LogP contribution in [0, 0.1) is 20.8 Å². The lowest BCUT2D eigenvalue weighted by Gasteiger charge is -2.29. The summed E-state index contributed by atoms with van der Waals surface area (Å²) >= 11 is 0. The van der Waals surface area contributed by atoms with E-state index in [9.17, 15) is 0 Å². The summed E-state index contributed by atoms with van der Waals surface area (Å²) < 4.78 is 0. The molecule has 0 amide bonds. The van der Waals surface area contributed by atoms with Gasteiger partial charge in [-0.1, -0.05) is 0 Å². The van der Waals surface area contributed by atoms with Crippen LogP contribution in [-0.4, -0.2) is 45.0 Å². The highest BCUT2D eigenvalue weighted by Crippen LogP contribution is 2.26. The van der Waals surface area contributed by atoms with Crippen LogP contribution in [-0.2, 0) is 0 Å². The first kappa shape index (κ1) is 15.8. The summed E-state index contributed by atoms with van der Waals surface area (Å²) in [6, 6.07) is 4.00. The highest BCUT2D eigenvalue weighted by Gasteiger charge is 2.21. The second kappa shape index (κ2) is 6.58. The smallest absolute Gasteiger partial charge is 0.228 e. The number of rotatable bonds is 3. The van der Waals surface area contributed by atoms with E-state index in [2.05, 4.69) is 37.2 Å². The zero-order valence-corrected chi connectivity index (χ0v) is 14.3. The first-order valence-corrected chi connectivity index (χ1v) is 8.13. The predicted octanol–water partition coefficient (Wildman–Crippen LogP) is 2.74. The summed E-state index contributed by atoms with van der Waals surface area (Å²) in [6.07, 6.45) is 2.40. The van der Waals surface area contributed by atoms with Gasteiger partial charge in [0.1, 0.15) is 11.6 Å². The van der Waals surface area contributed by atoms with Crippen molar-refractivity contribution in [3.8, 4) is 0 Å². The van der Waals surface area contributed by atoms with E-state index in [-0.39, 0.29) is 0 Å². The van der Waals surface area contributed by atoms with Crippen LogP contribution in [0.3, 0.4) is 0 Å². The van der Waals surface area contributed by atoms with Gasteiger partial charge in [-0.3, -0.25) is 0 Å². The molecular weight excluding hydrogens is 288 g/mol. The maximum Gasteiger partial charge on any atom is 0.228 e. The molecular formula is C17H24N6. The van der Waals surface area contributed by atoms with Gasteiger partial charge in [0.2, 0.25) is 5.95 Å². The van der Waals surface area contributed by atoms with Crippen LogP contribution in [0.4, 0.5) is 11.8 Å². The van der Waals surface area contributed by atoms with E-state index in [1.807, 2.05) is 32.9 Å². The van der Waals surface area contributed by atoms with Gasteiger partial charge in [0.05, 0.1) is 5.69 Å². The Morgan fingerprint density at radius 2 is 1.78 bits per heavy atom. The molecule has 1 aliphatic heterocycles. The number of aromatic nitrogens is 4. The number of hydrogen-bond acceptors (Lipinski definition) is 6. The number of anilines is 2. The number of aryl methyl sites for hydroxylation is 3. The topological polar surface area (TPSA) is 66.8 Å². The molecule has 122 valence electrons. The third kappa shape index (κ3) is 4.01. The Morgan fingerprint density at radius 3 is 2.48 bits per heavy atom. The van der Waals surface area contributed by atoms with E-state index in [0.717, 1.165) is 35.3 Å². The van der Waals surface area contributed by atoms with Crippen molar-refractivity contribution in [3.63, 3.8) is 0 Å². The average molecular weight is 312 g/mol. The molecule has 1 N–H and O–H groups in total. The molecule has 0 aromatic carbocycles. The normalized spacial score (nSPS) is 18.9. The van der Waals surface area contributed by atoms with Crippen molar-refractivity contribution >= 4 is 11.8 Å². The summed E-state index contributed by atoms with van der Waals surface area (Å²) in [5.74, 6) is 2.61. The number of likely N-dealkylation sites (tertiary alicyclic amines) is 1. The summed E-state index contributed by atoms with van der Waals surface area (Å²) in [7, 11) is 2.17. The molecule has 1 aliphatic rings. The molecule has 0 radical (unpaired) electrons. The first-order chi connectivity index (χ1) is 11.0. The summed E-state index contributed by atoms with van der Waals surface area (Å²) in [4.78, 5) is 20.3. The van der Waals surface area contributed by atoms with Gasteiger partial charge in [-0.05, 0) is 53.3 Å². The van der Waals surface area contributed by atoms with Gasteiger partial charge in [-0.25, -0.2) is 19.9 Å². The fourth-order valence-electron chi connectivity index (χ4n) is 3.17. The largest absolute Gasteiger partial charge is 0.309 e. The molecule has 0 aliphatic carbocycles. The van der Waals surface area contributed by atoms with Crippen molar-refractivity contribution < 1.29 is 0 Å². The average Bonchev–Trinajstić information content (AvgIpc) is 2.45. The van der Waals surface area contributed by atoms with Gasteiger partial charge < -0.3 is 10.2 Å². The number of hydrogen-bond donors (Lipinski definition) is 1. The minimum atomic E-state index is 0.469. The van der Waals surface area contributed by atoms with Crippen LogP contribution >= 0.6 is 0 Å². The quantitative estimate of drug-likeness (QED) is 0.940. The van der Waals surface area contributed by atoms with E-state index in [4.69, 9.17) is 0 Å². The summed E-state index contributed by atoms with van der Waals surface area (Å²) in [5, 5.41) is 3.23. The summed E-state index contributed by atoms with van der Waals surface area (Å²) in [5.41, 5.74) is 3.00. The standard InChI is InChI=1S/C17H24N6/c1-11-8-12(2)19-17(18-11)22-16-9-15(20-13(3)21-16)14-6-5-7-23(4)10-14/h8-9,14H,5-7,10H2,1-4H3,(H,18,19,20,21,22). The van der Waals surface area contributed by atoms with E-state index < -0.39 is 0 Å². The highest BCUT2D eigenvalue weighted by atomic mass is 15.2. The zero-order chi connectivity index (χ0) is 16.4. The van der Waals surface area contributed by atoms with Gasteiger partial charge in [-0.2, -0.15) is 0 Å². The van der Waals surface area contributed by atoms with Crippen molar-refractivity contribution in [2.45, 2.75) is 39.5 Å². The van der Waals surface area contributed by atoms with Gasteiger partial charge >= 0.3 is 0 Å². The molecule has 2 aromatic heterocycles. The summed E-state index contributed by atoms with van der Waals surface area (Å²) in [6.45, 7) is 8.09. The van der Waals surface area contributed by atoms with Gasteiger partial charge in [-0.15, -0.1) is 0 Å². The van der Waals surface area contributed by atoms with Crippen LogP contribution in [0.25, 0.3) is 0 Å². The number of nitrogens with zero attached hydrogens (tertiary/aromatic N) is 5. The Bertz CT molecular complexity index is 679. The van der Waals surface area contributed by atoms with Crippen LogP contribution in [0.2, 0.25) is 0 Å². The fraction of sp³-hybridized carbons (Fsp3) is 0.529. The van der Waals surface area contributed by atoms with Crippen LogP contribution in [0.1, 0.15) is 41.7 Å². The Morgan fingerprint density at radius 1 is 1.04 bits per heavy atom. The third-order valence-electron chi connectivity index (χ3n) is 4.12. The van der Waals surface area contributed by atoms with E-state index in [1.165, 1.54) is 19.4 Å². The zero-order valence-electron chi connectivity index (χ0n) is 14.3. The molecule has 1 unspecified atom stereocenters. The number of likely N-dealkylation sites (N-methyl/N-ethyl adjacent to an activating group) is 1. The van der Waals surface area contributed by atoms with Crippen molar-refractivity contribution in [2.24, 2.45) is 0 Å². The molecule has 23 heavy (non-hydrogen) atoms. The molecule has 6 heteroatoms. The molecule has 1 saturated heterocycles. The molecule has 1 fully saturated rings. The Kier molecular flexibility index (Phi) is 4.52. The number of nitrogens with one attached hydrogen (secondary N) is 1. The van der Waals surface area contributed by atoms with E-state index in [1.54, 1.807) is 0 Å². The first-order valence-electron chi connectivity index (χ1n) is 8.13. The minimum absolute atomic E-state index is 0.469. The van der Waals surface area contributed by atoms with Crippen molar-refractivity contribution in [1.29, 1.82) is 0 Å². The Balaban J connectivity index is 1.85. The molecule has 3 heterocycles. The molecule has 3 rings (SSSR count). The Labute approximate surface area is 137 Å². The molecule has 0 spiro atoms. The maximum absolute atomic E-state index is 4.65. The van der Waals surface area contributed by atoms with Crippen molar-refractivity contribution in [3.05, 3.63) is 35.0 Å². The van der Waals surface area contributed by atoms with Crippen LogP contribution in [0.5, 0.6) is 0 Å². The predicted molar refractivity (Wildman–Crippen MR) is 91.0 cm³/mol. The van der Waals surface area contributed by atoms with Gasteiger partial charge in [0.15, 0.2) is 0 Å². The van der Waals surface area contributed by atoms with Gasteiger partial charge in [0, 0.05) is 29.9 Å². The van der Waals surface area contributed by atoms with E-state index >= 15 is 0 Å². The number of piperidine rings is 1. The molecule has 2 aromatic rings. The monoisotopic (exact) mass is 312 g/mol. The second-order valence-electron chi connectivity index (χ2n) is 6.43. The lowest BCUT2D eigenvalue weighted by atomic mass is 9.95.